The quantitative estimate of drug-likeness (QED) is 0.689. The average Bonchev–Trinajstić information content (AvgIpc) is 2.96. The molecule has 0 spiro atoms. The maximum atomic E-state index is 4.39. The zero-order chi connectivity index (χ0) is 19.5. The molecule has 1 aliphatic carbocycles. The minimum atomic E-state index is 0.845. The van der Waals surface area contributed by atoms with Crippen LogP contribution in [0.5, 0.6) is 0 Å². The monoisotopic (exact) mass is 382 g/mol. The highest BCUT2D eigenvalue weighted by atomic mass is 15.3. The fourth-order valence-electron chi connectivity index (χ4n) is 4.44. The van der Waals surface area contributed by atoms with Crippen molar-refractivity contribution in [3.05, 3.63) is 95.3 Å². The number of piperazine rings is 1. The van der Waals surface area contributed by atoms with Gasteiger partial charge >= 0.3 is 0 Å². The van der Waals surface area contributed by atoms with Crippen LogP contribution in [0.4, 0.5) is 5.95 Å². The maximum absolute atomic E-state index is 4.39. The molecule has 1 saturated heterocycles. The van der Waals surface area contributed by atoms with E-state index >= 15 is 0 Å². The Bertz CT molecular complexity index is 955. The number of hydrogen-bond acceptors (Lipinski definition) is 4. The topological polar surface area (TPSA) is 32.3 Å². The van der Waals surface area contributed by atoms with Crippen molar-refractivity contribution in [2.45, 2.75) is 12.8 Å². The van der Waals surface area contributed by atoms with E-state index in [1.807, 2.05) is 18.5 Å². The van der Waals surface area contributed by atoms with Gasteiger partial charge in [0.25, 0.3) is 0 Å². The van der Waals surface area contributed by atoms with Gasteiger partial charge in [-0.05, 0) is 46.7 Å². The molecule has 4 nitrogen and oxygen atoms in total. The van der Waals surface area contributed by atoms with Crippen LogP contribution in [0.3, 0.4) is 0 Å². The van der Waals surface area contributed by atoms with Crippen LogP contribution in [0.15, 0.2) is 73.1 Å². The largest absolute Gasteiger partial charge is 0.338 e. The summed E-state index contributed by atoms with van der Waals surface area (Å²) in [5, 5.41) is 0. The smallest absolute Gasteiger partial charge is 0.225 e. The summed E-state index contributed by atoms with van der Waals surface area (Å²) in [6.45, 7) is 4.98. The predicted octanol–water partition coefficient (Wildman–Crippen LogP) is 3.83. The zero-order valence-corrected chi connectivity index (χ0v) is 16.7. The standard InChI is InChI=1S/C25H26N4/c1-3-8-22-20(6-1)10-11-21-7-2-4-9-23(21)24(22)12-15-28-16-18-29(19-17-28)25-26-13-5-14-27-25/h1-9,12-14H,10-11,15-19H2. The Hall–Kier alpha value is -2.98. The minimum absolute atomic E-state index is 0.845. The van der Waals surface area contributed by atoms with Crippen LogP contribution in [0.1, 0.15) is 22.3 Å². The lowest BCUT2D eigenvalue weighted by atomic mass is 9.93. The molecule has 0 saturated carbocycles. The molecule has 0 bridgehead atoms. The Labute approximate surface area is 172 Å². The first-order chi connectivity index (χ1) is 14.4. The van der Waals surface area contributed by atoms with Crippen LogP contribution in [0, 0.1) is 0 Å². The highest BCUT2D eigenvalue weighted by molar-refractivity contribution is 5.84. The molecular weight excluding hydrogens is 356 g/mol. The summed E-state index contributed by atoms with van der Waals surface area (Å²) >= 11 is 0. The predicted molar refractivity (Wildman–Crippen MR) is 118 cm³/mol. The van der Waals surface area contributed by atoms with Crippen LogP contribution in [-0.2, 0) is 12.8 Å². The van der Waals surface area contributed by atoms with E-state index in [4.69, 9.17) is 0 Å². The number of anilines is 1. The van der Waals surface area contributed by atoms with Crippen LogP contribution in [-0.4, -0.2) is 47.6 Å². The van der Waals surface area contributed by atoms with E-state index in [1.54, 1.807) is 0 Å². The maximum Gasteiger partial charge on any atom is 0.225 e. The number of hydrogen-bond donors (Lipinski definition) is 0. The lowest BCUT2D eigenvalue weighted by Gasteiger charge is -2.34. The summed E-state index contributed by atoms with van der Waals surface area (Å²) in [7, 11) is 0. The Morgan fingerprint density at radius 1 is 0.724 bits per heavy atom. The molecule has 146 valence electrons. The van der Waals surface area contributed by atoms with Crippen molar-refractivity contribution < 1.29 is 0 Å². The molecule has 0 atom stereocenters. The Balaban J connectivity index is 1.36. The van der Waals surface area contributed by atoms with Crippen LogP contribution in [0.25, 0.3) is 5.57 Å². The number of fused-ring (bicyclic) bond motifs is 2. The highest BCUT2D eigenvalue weighted by Crippen LogP contribution is 2.33. The minimum Gasteiger partial charge on any atom is -0.338 e. The third kappa shape index (κ3) is 3.81. The van der Waals surface area contributed by atoms with E-state index < -0.39 is 0 Å². The third-order valence-corrected chi connectivity index (χ3v) is 6.04. The fraction of sp³-hybridized carbons (Fsp3) is 0.280. The number of nitrogens with zero attached hydrogens (tertiary/aromatic N) is 4. The van der Waals surface area contributed by atoms with Gasteiger partial charge in [0.1, 0.15) is 0 Å². The third-order valence-electron chi connectivity index (χ3n) is 6.04. The molecule has 0 radical (unpaired) electrons. The van der Waals surface area contributed by atoms with E-state index in [1.165, 1.54) is 27.8 Å². The van der Waals surface area contributed by atoms with Gasteiger partial charge in [0, 0.05) is 45.1 Å². The molecule has 1 aliphatic heterocycles. The van der Waals surface area contributed by atoms with Crippen molar-refractivity contribution in [3.63, 3.8) is 0 Å². The van der Waals surface area contributed by atoms with Gasteiger partial charge in [-0.25, -0.2) is 9.97 Å². The van der Waals surface area contributed by atoms with E-state index in [2.05, 4.69) is 74.4 Å². The summed E-state index contributed by atoms with van der Waals surface area (Å²) in [4.78, 5) is 13.6. The molecule has 2 aromatic carbocycles. The van der Waals surface area contributed by atoms with Gasteiger partial charge in [0.05, 0.1) is 0 Å². The normalized spacial score (nSPS) is 16.7. The fourth-order valence-corrected chi connectivity index (χ4v) is 4.44. The molecule has 4 heteroatoms. The SMILES string of the molecule is C(CN1CCN(c2ncccn2)CC1)=C1c2ccccc2CCc2ccccc21. The molecule has 0 unspecified atom stereocenters. The Morgan fingerprint density at radius 2 is 1.31 bits per heavy atom. The van der Waals surface area contributed by atoms with Gasteiger partial charge in [-0.1, -0.05) is 54.6 Å². The number of rotatable bonds is 3. The van der Waals surface area contributed by atoms with Crippen molar-refractivity contribution in [1.82, 2.24) is 14.9 Å². The van der Waals surface area contributed by atoms with E-state index in [0.29, 0.717) is 0 Å². The number of benzene rings is 2. The Kier molecular flexibility index (Phi) is 5.10. The molecule has 2 heterocycles. The van der Waals surface area contributed by atoms with Crippen molar-refractivity contribution in [3.8, 4) is 0 Å². The van der Waals surface area contributed by atoms with Crippen LogP contribution < -0.4 is 4.90 Å². The molecule has 0 amide bonds. The number of aromatic nitrogens is 2. The van der Waals surface area contributed by atoms with E-state index in [0.717, 1.165) is 51.5 Å². The first-order valence-electron chi connectivity index (χ1n) is 10.5. The van der Waals surface area contributed by atoms with Crippen LogP contribution >= 0.6 is 0 Å². The molecule has 2 aliphatic rings. The van der Waals surface area contributed by atoms with Gasteiger partial charge in [0.2, 0.25) is 5.95 Å². The summed E-state index contributed by atoms with van der Waals surface area (Å²) in [5.41, 5.74) is 7.10. The molecule has 1 aromatic heterocycles. The van der Waals surface area contributed by atoms with Crippen molar-refractivity contribution in [2.24, 2.45) is 0 Å². The second-order valence-corrected chi connectivity index (χ2v) is 7.77. The summed E-state index contributed by atoms with van der Waals surface area (Å²) in [6.07, 6.45) is 8.30. The molecule has 29 heavy (non-hydrogen) atoms. The van der Waals surface area contributed by atoms with E-state index in [-0.39, 0.29) is 0 Å². The summed E-state index contributed by atoms with van der Waals surface area (Å²) < 4.78 is 0. The van der Waals surface area contributed by atoms with Gasteiger partial charge < -0.3 is 4.90 Å². The molecular formula is C25H26N4. The molecule has 1 fully saturated rings. The molecule has 3 aromatic rings. The highest BCUT2D eigenvalue weighted by Gasteiger charge is 2.20. The van der Waals surface area contributed by atoms with Gasteiger partial charge in [-0.3, -0.25) is 4.90 Å². The average molecular weight is 383 g/mol. The molecule has 5 rings (SSSR count). The van der Waals surface area contributed by atoms with Gasteiger partial charge in [-0.2, -0.15) is 0 Å². The van der Waals surface area contributed by atoms with Crippen molar-refractivity contribution in [1.29, 1.82) is 0 Å². The van der Waals surface area contributed by atoms with E-state index in [9.17, 15) is 0 Å². The van der Waals surface area contributed by atoms with Crippen molar-refractivity contribution >= 4 is 11.5 Å². The summed E-state index contributed by atoms with van der Waals surface area (Å²) in [6, 6.07) is 19.7. The lowest BCUT2D eigenvalue weighted by molar-refractivity contribution is 0.283. The van der Waals surface area contributed by atoms with Gasteiger partial charge in [-0.15, -0.1) is 0 Å². The molecule has 0 N–H and O–H groups in total. The first-order valence-corrected chi connectivity index (χ1v) is 10.5. The Morgan fingerprint density at radius 3 is 1.93 bits per heavy atom. The summed E-state index contributed by atoms with van der Waals surface area (Å²) in [5.74, 6) is 0.845. The lowest BCUT2D eigenvalue weighted by Crippen LogP contribution is -2.47. The second kappa shape index (κ2) is 8.18. The van der Waals surface area contributed by atoms with Gasteiger partial charge in [0.15, 0.2) is 0 Å². The zero-order valence-electron chi connectivity index (χ0n) is 16.7. The number of aryl methyl sites for hydroxylation is 2. The van der Waals surface area contributed by atoms with Crippen molar-refractivity contribution in [2.75, 3.05) is 37.6 Å². The second-order valence-electron chi connectivity index (χ2n) is 7.77. The van der Waals surface area contributed by atoms with Crippen LogP contribution in [0.2, 0.25) is 0 Å². The first kappa shape index (κ1) is 18.1.